The normalized spacial score (nSPS) is 15.6. The van der Waals surface area contributed by atoms with E-state index in [4.69, 9.17) is 11.6 Å². The molecule has 0 radical (unpaired) electrons. The molecule has 1 aromatic rings. The highest BCUT2D eigenvalue weighted by atomic mass is 35.5. The third kappa shape index (κ3) is 2.74. The molecular weight excluding hydrogens is 242 g/mol. The summed E-state index contributed by atoms with van der Waals surface area (Å²) in [4.78, 5) is 11.5. The number of halogens is 1. The number of aromatic nitrogens is 1. The van der Waals surface area contributed by atoms with Gasteiger partial charge in [0.15, 0.2) is 0 Å². The molecule has 0 aromatic carbocycles. The van der Waals surface area contributed by atoms with Gasteiger partial charge in [-0.05, 0) is 30.5 Å². The molecule has 0 fully saturated rings. The van der Waals surface area contributed by atoms with Crippen LogP contribution in [0.2, 0.25) is 4.34 Å². The Bertz CT molecular complexity index is 533. The van der Waals surface area contributed by atoms with Crippen LogP contribution in [0, 0.1) is 0 Å². The van der Waals surface area contributed by atoms with Gasteiger partial charge in [-0.25, -0.2) is 0 Å². The molecule has 4 heteroatoms. The molecule has 0 spiro atoms. The summed E-state index contributed by atoms with van der Waals surface area (Å²) in [7, 11) is 0. The zero-order chi connectivity index (χ0) is 11.5. The van der Waals surface area contributed by atoms with Crippen molar-refractivity contribution in [2.75, 3.05) is 0 Å². The van der Waals surface area contributed by atoms with Crippen molar-refractivity contribution < 1.29 is 0 Å². The lowest BCUT2D eigenvalue weighted by Gasteiger charge is -2.01. The number of allylic oxidation sites excluding steroid dienone is 6. The van der Waals surface area contributed by atoms with Crippen molar-refractivity contribution in [2.45, 2.75) is 19.9 Å². The Labute approximate surface area is 103 Å². The van der Waals surface area contributed by atoms with Gasteiger partial charge in [0.1, 0.15) is 4.34 Å². The van der Waals surface area contributed by atoms with Crippen molar-refractivity contribution in [3.63, 3.8) is 0 Å². The second-order valence-electron chi connectivity index (χ2n) is 3.72. The number of nitrogens with zero attached hydrogens (tertiary/aromatic N) is 1. The van der Waals surface area contributed by atoms with Crippen LogP contribution in [0.5, 0.6) is 0 Å². The van der Waals surface area contributed by atoms with E-state index in [-0.39, 0.29) is 5.56 Å². The van der Waals surface area contributed by atoms with E-state index in [2.05, 4.69) is 31.2 Å². The fraction of sp³-hybridized carbons (Fsp3) is 0.250. The van der Waals surface area contributed by atoms with Crippen molar-refractivity contribution in [3.05, 3.63) is 56.2 Å². The monoisotopic (exact) mass is 253 g/mol. The minimum atomic E-state index is -0.0322. The summed E-state index contributed by atoms with van der Waals surface area (Å²) in [5, 5.41) is 0. The minimum absolute atomic E-state index is 0.0322. The average molecular weight is 254 g/mol. The molecule has 1 aromatic heterocycles. The van der Waals surface area contributed by atoms with Gasteiger partial charge in [-0.3, -0.25) is 8.75 Å². The maximum atomic E-state index is 11.5. The molecule has 16 heavy (non-hydrogen) atoms. The summed E-state index contributed by atoms with van der Waals surface area (Å²) in [6.45, 7) is 2.66. The van der Waals surface area contributed by atoms with Crippen LogP contribution in [0.3, 0.4) is 0 Å². The van der Waals surface area contributed by atoms with Crippen molar-refractivity contribution in [1.29, 1.82) is 0 Å². The van der Waals surface area contributed by atoms with Crippen LogP contribution in [0.1, 0.15) is 13.3 Å². The molecule has 1 aliphatic rings. The van der Waals surface area contributed by atoms with E-state index < -0.39 is 0 Å². The molecule has 0 amide bonds. The van der Waals surface area contributed by atoms with Crippen LogP contribution < -0.4 is 5.56 Å². The lowest BCUT2D eigenvalue weighted by Crippen LogP contribution is -2.12. The third-order valence-corrected chi connectivity index (χ3v) is 3.47. The molecule has 0 atom stereocenters. The van der Waals surface area contributed by atoms with E-state index in [0.717, 1.165) is 12.0 Å². The molecule has 1 heterocycles. The van der Waals surface area contributed by atoms with Gasteiger partial charge >= 0.3 is 0 Å². The second kappa shape index (κ2) is 4.85. The van der Waals surface area contributed by atoms with E-state index >= 15 is 0 Å². The third-order valence-electron chi connectivity index (χ3n) is 2.33. The average Bonchev–Trinajstić information content (AvgIpc) is 2.42. The van der Waals surface area contributed by atoms with Gasteiger partial charge < -0.3 is 0 Å². The molecule has 0 bridgehead atoms. The molecule has 1 aliphatic carbocycles. The van der Waals surface area contributed by atoms with Crippen LogP contribution in [-0.4, -0.2) is 3.96 Å². The molecule has 0 saturated carbocycles. The van der Waals surface area contributed by atoms with Gasteiger partial charge in [0.05, 0.1) is 6.54 Å². The highest BCUT2D eigenvalue weighted by Gasteiger charge is 2.04. The standard InChI is InChI=1S/C12H12ClNOS/c1-9-4-2-3-5-10(6-9)8-14-12(15)7-11(13)16-14/h3-7H,2,8H2,1H3. The fourth-order valence-corrected chi connectivity index (χ4v) is 2.66. The maximum absolute atomic E-state index is 11.5. The molecule has 0 saturated heterocycles. The van der Waals surface area contributed by atoms with E-state index in [1.54, 1.807) is 3.96 Å². The van der Waals surface area contributed by atoms with Crippen LogP contribution in [-0.2, 0) is 6.54 Å². The second-order valence-corrected chi connectivity index (χ2v) is 5.41. The summed E-state index contributed by atoms with van der Waals surface area (Å²) >= 11 is 7.08. The summed E-state index contributed by atoms with van der Waals surface area (Å²) < 4.78 is 2.20. The van der Waals surface area contributed by atoms with Crippen LogP contribution in [0.25, 0.3) is 0 Å². The van der Waals surface area contributed by atoms with E-state index in [1.807, 2.05) is 0 Å². The van der Waals surface area contributed by atoms with Crippen LogP contribution >= 0.6 is 23.1 Å². The van der Waals surface area contributed by atoms with Crippen molar-refractivity contribution in [2.24, 2.45) is 0 Å². The molecule has 0 N–H and O–H groups in total. The first kappa shape index (κ1) is 11.4. The van der Waals surface area contributed by atoms with Crippen LogP contribution in [0.4, 0.5) is 0 Å². The first-order valence-electron chi connectivity index (χ1n) is 5.06. The Morgan fingerprint density at radius 3 is 3.06 bits per heavy atom. The molecule has 0 unspecified atom stereocenters. The predicted molar refractivity (Wildman–Crippen MR) is 69.2 cm³/mol. The number of hydrogen-bond donors (Lipinski definition) is 0. The lowest BCUT2D eigenvalue weighted by molar-refractivity contribution is 0.848. The molecular formula is C12H12ClNOS. The van der Waals surface area contributed by atoms with Crippen molar-refractivity contribution in [1.82, 2.24) is 3.96 Å². The largest absolute Gasteiger partial charge is 0.268 e. The van der Waals surface area contributed by atoms with E-state index in [9.17, 15) is 4.79 Å². The van der Waals surface area contributed by atoms with Gasteiger partial charge in [-0.1, -0.05) is 41.5 Å². The Morgan fingerprint density at radius 1 is 1.56 bits per heavy atom. The molecule has 0 aliphatic heterocycles. The van der Waals surface area contributed by atoms with Gasteiger partial charge in [-0.2, -0.15) is 0 Å². The predicted octanol–water partition coefficient (Wildman–Crippen LogP) is 3.40. The van der Waals surface area contributed by atoms with Gasteiger partial charge in [0.25, 0.3) is 5.56 Å². The van der Waals surface area contributed by atoms with E-state index in [0.29, 0.717) is 10.9 Å². The molecule has 84 valence electrons. The van der Waals surface area contributed by atoms with E-state index in [1.165, 1.54) is 23.2 Å². The highest BCUT2D eigenvalue weighted by molar-refractivity contribution is 7.11. The quantitative estimate of drug-likeness (QED) is 0.792. The number of rotatable bonds is 2. The summed E-state index contributed by atoms with van der Waals surface area (Å²) in [5.74, 6) is 0. The SMILES string of the molecule is CC1=CCC=CC(Cn2sc(Cl)cc2=O)=C1. The zero-order valence-electron chi connectivity index (χ0n) is 8.94. The van der Waals surface area contributed by atoms with Gasteiger partial charge in [0.2, 0.25) is 0 Å². The lowest BCUT2D eigenvalue weighted by atomic mass is 10.2. The Hall–Kier alpha value is -1.06. The first-order chi connectivity index (χ1) is 7.65. The minimum Gasteiger partial charge on any atom is -0.268 e. The van der Waals surface area contributed by atoms with Crippen molar-refractivity contribution in [3.8, 4) is 0 Å². The zero-order valence-corrected chi connectivity index (χ0v) is 10.5. The summed E-state index contributed by atoms with van der Waals surface area (Å²) in [6, 6.07) is 1.45. The Kier molecular flexibility index (Phi) is 3.46. The summed E-state index contributed by atoms with van der Waals surface area (Å²) in [5.41, 5.74) is 2.33. The van der Waals surface area contributed by atoms with Gasteiger partial charge in [-0.15, -0.1) is 0 Å². The van der Waals surface area contributed by atoms with Crippen molar-refractivity contribution >= 4 is 23.1 Å². The van der Waals surface area contributed by atoms with Crippen LogP contribution in [0.15, 0.2) is 46.3 Å². The Balaban J connectivity index is 2.25. The van der Waals surface area contributed by atoms with Gasteiger partial charge in [0, 0.05) is 6.07 Å². The topological polar surface area (TPSA) is 22.0 Å². The molecule has 2 rings (SSSR count). The summed E-state index contributed by atoms with van der Waals surface area (Å²) in [6.07, 6.45) is 9.37. The molecule has 2 nitrogen and oxygen atoms in total. The smallest absolute Gasteiger partial charge is 0.262 e. The number of hydrogen-bond acceptors (Lipinski definition) is 2. The first-order valence-corrected chi connectivity index (χ1v) is 6.21. The Morgan fingerprint density at radius 2 is 2.38 bits per heavy atom. The maximum Gasteiger partial charge on any atom is 0.262 e. The highest BCUT2D eigenvalue weighted by Crippen LogP contribution is 2.16. The fourth-order valence-electron chi connectivity index (χ4n) is 1.59.